The number of aromatic nitrogens is 3. The number of rotatable bonds is 5. The zero-order valence-corrected chi connectivity index (χ0v) is 18.0. The molecule has 146 valence electrons. The summed E-state index contributed by atoms with van der Waals surface area (Å²) in [5.41, 5.74) is 7.16. The van der Waals surface area contributed by atoms with E-state index in [1.54, 1.807) is 18.6 Å². The minimum absolute atomic E-state index is 0. The van der Waals surface area contributed by atoms with Crippen LogP contribution in [0, 0.1) is 0 Å². The maximum absolute atomic E-state index is 6.16. The lowest BCUT2D eigenvalue weighted by Gasteiger charge is -2.35. The number of piperazine rings is 1. The topological polar surface area (TPSA) is 92.8 Å². The van der Waals surface area contributed by atoms with Crippen LogP contribution in [0.1, 0.15) is 19.4 Å². The minimum atomic E-state index is 0. The summed E-state index contributed by atoms with van der Waals surface area (Å²) in [5, 5.41) is 0. The Balaban J connectivity index is 0.00000261. The van der Waals surface area contributed by atoms with Gasteiger partial charge in [-0.1, -0.05) is 6.07 Å². The smallest absolute Gasteiger partial charge is 0.225 e. The van der Waals surface area contributed by atoms with Gasteiger partial charge in [0.1, 0.15) is 0 Å². The van der Waals surface area contributed by atoms with Gasteiger partial charge in [0.05, 0.1) is 12.6 Å². The molecule has 1 aliphatic heterocycles. The van der Waals surface area contributed by atoms with Crippen molar-refractivity contribution in [2.45, 2.75) is 26.5 Å². The van der Waals surface area contributed by atoms with Crippen molar-refractivity contribution < 1.29 is 4.74 Å². The van der Waals surface area contributed by atoms with Gasteiger partial charge < -0.3 is 20.3 Å². The molecular weight excluding hydrogens is 457 g/mol. The fourth-order valence-electron chi connectivity index (χ4n) is 2.68. The third kappa shape index (κ3) is 6.19. The van der Waals surface area contributed by atoms with Gasteiger partial charge in [-0.2, -0.15) is 0 Å². The minimum Gasteiger partial charge on any atom is -0.475 e. The van der Waals surface area contributed by atoms with Crippen LogP contribution in [-0.4, -0.2) is 58.1 Å². The van der Waals surface area contributed by atoms with E-state index in [1.165, 1.54) is 0 Å². The van der Waals surface area contributed by atoms with E-state index in [-0.39, 0.29) is 30.1 Å². The number of guanidine groups is 1. The van der Waals surface area contributed by atoms with Crippen molar-refractivity contribution in [2.75, 3.05) is 31.1 Å². The van der Waals surface area contributed by atoms with Gasteiger partial charge in [-0.25, -0.2) is 19.9 Å². The van der Waals surface area contributed by atoms with E-state index >= 15 is 0 Å². The molecule has 8 nitrogen and oxygen atoms in total. The largest absolute Gasteiger partial charge is 0.475 e. The second-order valence-electron chi connectivity index (χ2n) is 6.37. The van der Waals surface area contributed by atoms with Crippen molar-refractivity contribution in [3.8, 4) is 5.88 Å². The Morgan fingerprint density at radius 2 is 1.85 bits per heavy atom. The Kier molecular flexibility index (Phi) is 8.01. The number of aliphatic imine (C=N–C) groups is 1. The van der Waals surface area contributed by atoms with Gasteiger partial charge in [-0.15, -0.1) is 24.0 Å². The van der Waals surface area contributed by atoms with E-state index in [4.69, 9.17) is 10.5 Å². The van der Waals surface area contributed by atoms with Gasteiger partial charge in [0, 0.05) is 50.8 Å². The quantitative estimate of drug-likeness (QED) is 0.395. The Morgan fingerprint density at radius 1 is 1.15 bits per heavy atom. The van der Waals surface area contributed by atoms with E-state index in [0.717, 1.165) is 37.7 Å². The van der Waals surface area contributed by atoms with Crippen LogP contribution in [0.15, 0.2) is 41.8 Å². The molecule has 0 bridgehead atoms. The van der Waals surface area contributed by atoms with Crippen LogP contribution in [0.2, 0.25) is 0 Å². The van der Waals surface area contributed by atoms with Gasteiger partial charge in [0.25, 0.3) is 0 Å². The number of ether oxygens (including phenoxy) is 1. The summed E-state index contributed by atoms with van der Waals surface area (Å²) >= 11 is 0. The first-order valence-electron chi connectivity index (χ1n) is 8.80. The maximum Gasteiger partial charge on any atom is 0.225 e. The lowest BCUT2D eigenvalue weighted by Crippen LogP contribution is -2.51. The highest BCUT2D eigenvalue weighted by Crippen LogP contribution is 2.12. The Bertz CT molecular complexity index is 716. The Hall–Kier alpha value is -2.17. The van der Waals surface area contributed by atoms with Crippen molar-refractivity contribution in [3.05, 3.63) is 42.4 Å². The van der Waals surface area contributed by atoms with Gasteiger partial charge in [0.2, 0.25) is 11.8 Å². The molecule has 1 saturated heterocycles. The van der Waals surface area contributed by atoms with Crippen molar-refractivity contribution in [1.29, 1.82) is 0 Å². The maximum atomic E-state index is 6.16. The second kappa shape index (κ2) is 10.2. The highest BCUT2D eigenvalue weighted by molar-refractivity contribution is 14.0. The normalized spacial score (nSPS) is 14.9. The summed E-state index contributed by atoms with van der Waals surface area (Å²) in [4.78, 5) is 21.6. The van der Waals surface area contributed by atoms with E-state index in [2.05, 4.69) is 29.7 Å². The first-order valence-corrected chi connectivity index (χ1v) is 8.80. The van der Waals surface area contributed by atoms with Gasteiger partial charge in [-0.3, -0.25) is 0 Å². The van der Waals surface area contributed by atoms with Crippen molar-refractivity contribution in [3.63, 3.8) is 0 Å². The van der Waals surface area contributed by atoms with Gasteiger partial charge in [-0.05, 0) is 25.5 Å². The third-order valence-corrected chi connectivity index (χ3v) is 4.02. The van der Waals surface area contributed by atoms with Gasteiger partial charge >= 0.3 is 0 Å². The molecule has 0 unspecified atom stereocenters. The first-order chi connectivity index (χ1) is 12.6. The molecule has 27 heavy (non-hydrogen) atoms. The summed E-state index contributed by atoms with van der Waals surface area (Å²) in [6.07, 6.45) is 5.41. The molecule has 0 aliphatic carbocycles. The van der Waals surface area contributed by atoms with Crippen molar-refractivity contribution in [2.24, 2.45) is 10.7 Å². The molecular formula is C18H26IN7O. The number of nitrogens with two attached hydrogens (primary N) is 1. The van der Waals surface area contributed by atoms with E-state index in [9.17, 15) is 0 Å². The summed E-state index contributed by atoms with van der Waals surface area (Å²) in [6, 6.07) is 5.65. The first kappa shape index (κ1) is 21.1. The Labute approximate surface area is 176 Å². The predicted octanol–water partition coefficient (Wildman–Crippen LogP) is 1.91. The number of halogens is 1. The summed E-state index contributed by atoms with van der Waals surface area (Å²) < 4.78 is 5.54. The fourth-order valence-corrected chi connectivity index (χ4v) is 2.68. The van der Waals surface area contributed by atoms with Crippen molar-refractivity contribution in [1.82, 2.24) is 19.9 Å². The van der Waals surface area contributed by atoms with Crippen LogP contribution < -0.4 is 15.4 Å². The molecule has 9 heteroatoms. The third-order valence-electron chi connectivity index (χ3n) is 4.02. The van der Waals surface area contributed by atoms with Gasteiger partial charge in [0.15, 0.2) is 5.96 Å². The lowest BCUT2D eigenvalue weighted by molar-refractivity contribution is 0.232. The molecule has 2 aromatic rings. The highest BCUT2D eigenvalue weighted by Gasteiger charge is 2.19. The molecule has 0 aromatic carbocycles. The average molecular weight is 483 g/mol. The molecule has 0 atom stereocenters. The summed E-state index contributed by atoms with van der Waals surface area (Å²) in [7, 11) is 0. The van der Waals surface area contributed by atoms with Crippen LogP contribution in [0.3, 0.4) is 0 Å². The van der Waals surface area contributed by atoms with Crippen LogP contribution in [-0.2, 0) is 6.54 Å². The zero-order chi connectivity index (χ0) is 18.4. The second-order valence-corrected chi connectivity index (χ2v) is 6.37. The summed E-state index contributed by atoms with van der Waals surface area (Å²) in [6.45, 7) is 7.70. The number of pyridine rings is 1. The Morgan fingerprint density at radius 3 is 2.44 bits per heavy atom. The van der Waals surface area contributed by atoms with Crippen LogP contribution in [0.25, 0.3) is 0 Å². The predicted molar refractivity (Wildman–Crippen MR) is 117 cm³/mol. The molecule has 0 saturated carbocycles. The molecule has 1 fully saturated rings. The zero-order valence-electron chi connectivity index (χ0n) is 15.7. The highest BCUT2D eigenvalue weighted by atomic mass is 127. The molecule has 0 spiro atoms. The molecule has 3 heterocycles. The average Bonchev–Trinajstić information content (AvgIpc) is 2.67. The molecule has 2 aromatic heterocycles. The van der Waals surface area contributed by atoms with Crippen LogP contribution in [0.5, 0.6) is 5.88 Å². The van der Waals surface area contributed by atoms with Crippen LogP contribution in [0.4, 0.5) is 5.95 Å². The molecule has 0 amide bonds. The standard InChI is InChI=1S/C18H25N7O.HI/c1-14(2)26-16-5-4-15(12-22-16)13-23-17(19)24-8-10-25(11-9-24)18-20-6-3-7-21-18;/h3-7,12,14H,8-11,13H2,1-2H3,(H2,19,23);1H. The lowest BCUT2D eigenvalue weighted by atomic mass is 10.3. The SMILES string of the molecule is CC(C)Oc1ccc(CN=C(N)N2CCN(c3ncccn3)CC2)cn1.I. The number of nitrogens with zero attached hydrogens (tertiary/aromatic N) is 6. The monoisotopic (exact) mass is 483 g/mol. The number of hydrogen-bond acceptors (Lipinski definition) is 6. The number of hydrogen-bond donors (Lipinski definition) is 1. The fraction of sp³-hybridized carbons (Fsp3) is 0.444. The molecule has 3 rings (SSSR count). The summed E-state index contributed by atoms with van der Waals surface area (Å²) in [5.74, 6) is 1.94. The van der Waals surface area contributed by atoms with E-state index in [0.29, 0.717) is 18.4 Å². The molecule has 2 N–H and O–H groups in total. The molecule has 1 aliphatic rings. The van der Waals surface area contributed by atoms with Crippen molar-refractivity contribution >= 4 is 35.9 Å². The molecule has 0 radical (unpaired) electrons. The van der Waals surface area contributed by atoms with E-state index in [1.807, 2.05) is 32.0 Å². The number of anilines is 1. The van der Waals surface area contributed by atoms with E-state index < -0.39 is 0 Å². The van der Waals surface area contributed by atoms with Crippen LogP contribution >= 0.6 is 24.0 Å².